The van der Waals surface area contributed by atoms with Crippen LogP contribution in [0.1, 0.15) is 33.1 Å². The molecule has 4 heteroatoms. The molecule has 18 heavy (non-hydrogen) atoms. The van der Waals surface area contributed by atoms with Gasteiger partial charge in [0.05, 0.1) is 16.5 Å². The Bertz CT molecular complexity index is 438. The second-order valence-corrected chi connectivity index (χ2v) is 6.54. The first-order chi connectivity index (χ1) is 8.44. The van der Waals surface area contributed by atoms with Crippen molar-refractivity contribution in [3.63, 3.8) is 0 Å². The van der Waals surface area contributed by atoms with Crippen LogP contribution in [0.5, 0.6) is 0 Å². The Balaban J connectivity index is 2.29. The molecule has 1 rings (SSSR count). The summed E-state index contributed by atoms with van der Waals surface area (Å²) in [5.41, 5.74) is 6.13. The van der Waals surface area contributed by atoms with Crippen molar-refractivity contribution in [1.82, 2.24) is 0 Å². The maximum absolute atomic E-state index is 8.91. The maximum Gasteiger partial charge on any atom is 0.0683 e. The van der Waals surface area contributed by atoms with Crippen molar-refractivity contribution in [2.24, 2.45) is 5.41 Å². The summed E-state index contributed by atoms with van der Waals surface area (Å²) in [7, 11) is 0. The van der Waals surface area contributed by atoms with Crippen LogP contribution in [0.2, 0.25) is 5.02 Å². The van der Waals surface area contributed by atoms with Gasteiger partial charge in [-0.1, -0.05) is 18.0 Å². The van der Waals surface area contributed by atoms with Gasteiger partial charge in [-0.25, -0.2) is 0 Å². The minimum Gasteiger partial charge on any atom is -0.399 e. The van der Waals surface area contributed by atoms with Crippen LogP contribution >= 0.6 is 23.4 Å². The molecule has 0 aromatic heterocycles. The molecule has 0 aliphatic rings. The third kappa shape index (κ3) is 5.20. The van der Waals surface area contributed by atoms with E-state index in [0.717, 1.165) is 34.9 Å². The zero-order valence-electron chi connectivity index (χ0n) is 10.9. The third-order valence-corrected chi connectivity index (χ3v) is 4.30. The van der Waals surface area contributed by atoms with Crippen molar-refractivity contribution >= 4 is 29.1 Å². The number of rotatable bonds is 6. The van der Waals surface area contributed by atoms with Crippen LogP contribution < -0.4 is 5.73 Å². The number of unbranched alkanes of at least 4 members (excludes halogenated alkanes) is 1. The fourth-order valence-electron chi connectivity index (χ4n) is 1.54. The number of nitrogens with two attached hydrogens (primary N) is 1. The molecule has 0 aliphatic heterocycles. The maximum atomic E-state index is 8.91. The van der Waals surface area contributed by atoms with Crippen LogP contribution in [0.15, 0.2) is 23.1 Å². The van der Waals surface area contributed by atoms with Crippen molar-refractivity contribution in [1.29, 1.82) is 5.26 Å². The number of halogens is 1. The number of benzene rings is 1. The van der Waals surface area contributed by atoms with Gasteiger partial charge in [0, 0.05) is 10.6 Å². The SMILES string of the molecule is CC(C)(C#N)CCCCSc1ccc(N)cc1Cl. The van der Waals surface area contributed by atoms with Gasteiger partial charge in [0.25, 0.3) is 0 Å². The first kappa shape index (κ1) is 15.2. The molecule has 0 atom stereocenters. The van der Waals surface area contributed by atoms with Gasteiger partial charge in [-0.15, -0.1) is 11.8 Å². The number of thioether (sulfide) groups is 1. The fourth-order valence-corrected chi connectivity index (χ4v) is 2.82. The molecular weight excluding hydrogens is 264 g/mol. The predicted molar refractivity (Wildman–Crippen MR) is 79.8 cm³/mol. The Hall–Kier alpha value is -0.850. The molecule has 0 heterocycles. The van der Waals surface area contributed by atoms with Gasteiger partial charge in [-0.05, 0) is 50.6 Å². The highest BCUT2D eigenvalue weighted by Crippen LogP contribution is 2.30. The summed E-state index contributed by atoms with van der Waals surface area (Å²) in [6.45, 7) is 3.97. The van der Waals surface area contributed by atoms with Crippen LogP contribution in [-0.4, -0.2) is 5.75 Å². The molecule has 0 bridgehead atoms. The Labute approximate surface area is 119 Å². The van der Waals surface area contributed by atoms with E-state index in [0.29, 0.717) is 5.69 Å². The van der Waals surface area contributed by atoms with Crippen molar-refractivity contribution in [3.8, 4) is 6.07 Å². The number of hydrogen-bond donors (Lipinski definition) is 1. The largest absolute Gasteiger partial charge is 0.399 e. The number of nitriles is 1. The molecule has 0 aliphatic carbocycles. The molecule has 0 amide bonds. The van der Waals surface area contributed by atoms with Gasteiger partial charge in [0.2, 0.25) is 0 Å². The zero-order valence-corrected chi connectivity index (χ0v) is 12.4. The first-order valence-corrected chi connectivity index (χ1v) is 7.40. The number of hydrogen-bond acceptors (Lipinski definition) is 3. The highest BCUT2D eigenvalue weighted by atomic mass is 35.5. The lowest BCUT2D eigenvalue weighted by atomic mass is 9.89. The van der Waals surface area contributed by atoms with Crippen LogP contribution in [0.4, 0.5) is 5.69 Å². The van der Waals surface area contributed by atoms with E-state index in [-0.39, 0.29) is 5.41 Å². The van der Waals surface area contributed by atoms with E-state index < -0.39 is 0 Å². The van der Waals surface area contributed by atoms with E-state index >= 15 is 0 Å². The lowest BCUT2D eigenvalue weighted by Gasteiger charge is -2.14. The topological polar surface area (TPSA) is 49.8 Å². The quantitative estimate of drug-likeness (QED) is 0.466. The molecule has 0 saturated carbocycles. The van der Waals surface area contributed by atoms with Crippen molar-refractivity contribution in [2.75, 3.05) is 11.5 Å². The van der Waals surface area contributed by atoms with Crippen LogP contribution in [0.25, 0.3) is 0 Å². The second-order valence-electron chi connectivity index (χ2n) is 4.99. The number of nitrogen functional groups attached to an aromatic ring is 1. The summed E-state index contributed by atoms with van der Waals surface area (Å²) in [5.74, 6) is 1.02. The Morgan fingerprint density at radius 3 is 2.72 bits per heavy atom. The van der Waals surface area contributed by atoms with Gasteiger partial charge in [0.15, 0.2) is 0 Å². The molecule has 0 radical (unpaired) electrons. The summed E-state index contributed by atoms with van der Waals surface area (Å²) in [6.07, 6.45) is 3.11. The first-order valence-electron chi connectivity index (χ1n) is 6.04. The van der Waals surface area contributed by atoms with Gasteiger partial charge >= 0.3 is 0 Å². The number of nitrogens with zero attached hydrogens (tertiary/aromatic N) is 1. The smallest absolute Gasteiger partial charge is 0.0683 e. The minimum atomic E-state index is -0.205. The lowest BCUT2D eigenvalue weighted by Crippen LogP contribution is -2.07. The van der Waals surface area contributed by atoms with Gasteiger partial charge < -0.3 is 5.73 Å². The van der Waals surface area contributed by atoms with E-state index in [9.17, 15) is 0 Å². The van der Waals surface area contributed by atoms with Crippen molar-refractivity contribution in [2.45, 2.75) is 38.0 Å². The summed E-state index contributed by atoms with van der Waals surface area (Å²) in [4.78, 5) is 1.07. The summed E-state index contributed by atoms with van der Waals surface area (Å²) >= 11 is 7.84. The molecule has 2 nitrogen and oxygen atoms in total. The summed E-state index contributed by atoms with van der Waals surface area (Å²) < 4.78 is 0. The van der Waals surface area contributed by atoms with Crippen LogP contribution in [0, 0.1) is 16.7 Å². The summed E-state index contributed by atoms with van der Waals surface area (Å²) in [6, 6.07) is 7.93. The Morgan fingerprint density at radius 2 is 2.11 bits per heavy atom. The van der Waals surface area contributed by atoms with Crippen molar-refractivity contribution < 1.29 is 0 Å². The highest BCUT2D eigenvalue weighted by molar-refractivity contribution is 7.99. The average molecular weight is 283 g/mol. The number of anilines is 1. The molecule has 1 aromatic rings. The molecule has 98 valence electrons. The Kier molecular flexibility index (Phi) is 5.84. The average Bonchev–Trinajstić information content (AvgIpc) is 2.31. The molecular formula is C14H19ClN2S. The van der Waals surface area contributed by atoms with Gasteiger partial charge in [-0.3, -0.25) is 0 Å². The monoisotopic (exact) mass is 282 g/mol. The minimum absolute atomic E-state index is 0.205. The van der Waals surface area contributed by atoms with Crippen LogP contribution in [0.3, 0.4) is 0 Å². The Morgan fingerprint density at radius 1 is 1.39 bits per heavy atom. The summed E-state index contributed by atoms with van der Waals surface area (Å²) in [5, 5.41) is 9.63. The third-order valence-electron chi connectivity index (χ3n) is 2.71. The molecule has 1 aromatic carbocycles. The van der Waals surface area contributed by atoms with Gasteiger partial charge in [-0.2, -0.15) is 5.26 Å². The van der Waals surface area contributed by atoms with E-state index in [1.54, 1.807) is 17.8 Å². The van der Waals surface area contributed by atoms with E-state index in [2.05, 4.69) is 6.07 Å². The molecule has 0 saturated heterocycles. The molecule has 0 unspecified atom stereocenters. The predicted octanol–water partition coefficient (Wildman–Crippen LogP) is 4.73. The zero-order chi connectivity index (χ0) is 13.6. The van der Waals surface area contributed by atoms with E-state index in [1.165, 1.54) is 0 Å². The molecule has 0 fully saturated rings. The standard InChI is InChI=1S/C14H19ClN2S/c1-14(2,10-16)7-3-4-8-18-13-6-5-11(17)9-12(13)15/h5-6,9H,3-4,7-8,17H2,1-2H3. The normalized spacial score (nSPS) is 11.2. The second kappa shape index (κ2) is 6.92. The highest BCUT2D eigenvalue weighted by Gasteiger charge is 2.15. The van der Waals surface area contributed by atoms with Crippen molar-refractivity contribution in [3.05, 3.63) is 23.2 Å². The van der Waals surface area contributed by atoms with E-state index in [4.69, 9.17) is 22.6 Å². The molecule has 0 spiro atoms. The van der Waals surface area contributed by atoms with Crippen LogP contribution in [-0.2, 0) is 0 Å². The fraction of sp³-hybridized carbons (Fsp3) is 0.500. The lowest BCUT2D eigenvalue weighted by molar-refractivity contribution is 0.433. The van der Waals surface area contributed by atoms with Gasteiger partial charge in [0.1, 0.15) is 0 Å². The molecule has 2 N–H and O–H groups in total. The van der Waals surface area contributed by atoms with E-state index in [1.807, 2.05) is 26.0 Å².